The van der Waals surface area contributed by atoms with E-state index in [0.717, 1.165) is 6.42 Å². The van der Waals surface area contributed by atoms with Crippen molar-refractivity contribution in [2.24, 2.45) is 0 Å². The van der Waals surface area contributed by atoms with Crippen molar-refractivity contribution in [3.8, 4) is 0 Å². The monoisotopic (exact) mass is 227 g/mol. The van der Waals surface area contributed by atoms with E-state index < -0.39 is 0 Å². The van der Waals surface area contributed by atoms with E-state index in [1.807, 2.05) is 20.8 Å². The fourth-order valence-corrected chi connectivity index (χ4v) is 1.71. The summed E-state index contributed by atoms with van der Waals surface area (Å²) in [5, 5.41) is 8.85. The van der Waals surface area contributed by atoms with Crippen molar-refractivity contribution < 1.29 is 9.59 Å². The number of rotatable bonds is 4. The van der Waals surface area contributed by atoms with Crippen LogP contribution in [-0.4, -0.2) is 36.5 Å². The molecule has 1 saturated heterocycles. The van der Waals surface area contributed by atoms with E-state index >= 15 is 0 Å². The Morgan fingerprint density at radius 3 is 2.62 bits per heavy atom. The quantitative estimate of drug-likeness (QED) is 0.621. The van der Waals surface area contributed by atoms with Crippen molar-refractivity contribution in [3.63, 3.8) is 0 Å². The molecule has 5 nitrogen and oxygen atoms in total. The number of carbonyl (C=O) groups excluding carboxylic acids is 2. The van der Waals surface area contributed by atoms with Gasteiger partial charge in [0.05, 0.1) is 6.04 Å². The number of piperidine rings is 1. The predicted octanol–water partition coefficient (Wildman–Crippen LogP) is -0.232. The van der Waals surface area contributed by atoms with Gasteiger partial charge in [-0.3, -0.25) is 9.59 Å². The first-order chi connectivity index (χ1) is 7.49. The third-order valence-corrected chi connectivity index (χ3v) is 2.58. The predicted molar refractivity (Wildman–Crippen MR) is 61.9 cm³/mol. The van der Waals surface area contributed by atoms with Gasteiger partial charge < -0.3 is 16.0 Å². The Labute approximate surface area is 96.4 Å². The van der Waals surface area contributed by atoms with E-state index in [0.29, 0.717) is 13.0 Å². The molecule has 16 heavy (non-hydrogen) atoms. The number of nitrogens with one attached hydrogen (secondary N) is 3. The van der Waals surface area contributed by atoms with Gasteiger partial charge >= 0.3 is 0 Å². The molecular weight excluding hydrogens is 206 g/mol. The second-order valence-electron chi connectivity index (χ2n) is 4.59. The molecule has 0 aromatic rings. The van der Waals surface area contributed by atoms with Gasteiger partial charge in [-0.25, -0.2) is 0 Å². The van der Waals surface area contributed by atoms with Crippen LogP contribution in [0.2, 0.25) is 0 Å². The molecule has 0 aromatic heterocycles. The van der Waals surface area contributed by atoms with Crippen LogP contribution < -0.4 is 16.0 Å². The summed E-state index contributed by atoms with van der Waals surface area (Å²) in [4.78, 5) is 22.6. The van der Waals surface area contributed by atoms with Crippen LogP contribution in [0.5, 0.6) is 0 Å². The van der Waals surface area contributed by atoms with E-state index in [-0.39, 0.29) is 29.9 Å². The zero-order valence-electron chi connectivity index (χ0n) is 10.2. The lowest BCUT2D eigenvalue weighted by Crippen LogP contribution is -2.53. The van der Waals surface area contributed by atoms with Crippen LogP contribution in [0.25, 0.3) is 0 Å². The van der Waals surface area contributed by atoms with Crippen molar-refractivity contribution in [1.82, 2.24) is 16.0 Å². The second-order valence-corrected chi connectivity index (χ2v) is 4.59. The second kappa shape index (κ2) is 5.84. The van der Waals surface area contributed by atoms with Gasteiger partial charge in [0, 0.05) is 25.0 Å². The summed E-state index contributed by atoms with van der Waals surface area (Å²) in [6.07, 6.45) is 1.33. The Balaban J connectivity index is 2.30. The van der Waals surface area contributed by atoms with Gasteiger partial charge in [-0.05, 0) is 27.2 Å². The van der Waals surface area contributed by atoms with Crippen LogP contribution in [-0.2, 0) is 9.59 Å². The van der Waals surface area contributed by atoms with Gasteiger partial charge in [-0.2, -0.15) is 0 Å². The summed E-state index contributed by atoms with van der Waals surface area (Å²) in [5.41, 5.74) is 0. The highest BCUT2D eigenvalue weighted by Crippen LogP contribution is 2.03. The Hall–Kier alpha value is -1.10. The number of hydrogen-bond acceptors (Lipinski definition) is 3. The van der Waals surface area contributed by atoms with Gasteiger partial charge in [0.1, 0.15) is 0 Å². The van der Waals surface area contributed by atoms with Crippen LogP contribution >= 0.6 is 0 Å². The molecule has 1 fully saturated rings. The van der Waals surface area contributed by atoms with Crippen LogP contribution in [0.1, 0.15) is 33.6 Å². The zero-order valence-corrected chi connectivity index (χ0v) is 10.2. The first-order valence-corrected chi connectivity index (χ1v) is 5.82. The summed E-state index contributed by atoms with van der Waals surface area (Å²) in [5.74, 6) is 0.101. The van der Waals surface area contributed by atoms with E-state index in [1.54, 1.807) is 0 Å². The molecule has 0 saturated carbocycles. The molecule has 2 atom stereocenters. The summed E-state index contributed by atoms with van der Waals surface area (Å²) in [6.45, 7) is 6.32. The Bertz CT molecular complexity index is 256. The Morgan fingerprint density at radius 2 is 2.12 bits per heavy atom. The highest BCUT2D eigenvalue weighted by Gasteiger charge is 2.22. The maximum Gasteiger partial charge on any atom is 0.237 e. The third-order valence-electron chi connectivity index (χ3n) is 2.58. The van der Waals surface area contributed by atoms with Gasteiger partial charge in [0.2, 0.25) is 11.8 Å². The molecule has 0 radical (unpaired) electrons. The molecule has 3 N–H and O–H groups in total. The summed E-state index contributed by atoms with van der Waals surface area (Å²) in [6, 6.07) is 0.135. The van der Waals surface area contributed by atoms with Gasteiger partial charge in [-0.1, -0.05) is 0 Å². The first kappa shape index (κ1) is 13.0. The van der Waals surface area contributed by atoms with Crippen molar-refractivity contribution in [3.05, 3.63) is 0 Å². The maximum absolute atomic E-state index is 11.6. The van der Waals surface area contributed by atoms with E-state index in [2.05, 4.69) is 16.0 Å². The highest BCUT2D eigenvalue weighted by atomic mass is 16.2. The standard InChI is InChI=1S/C11H21N3O2/c1-7(2)13-11(16)8(3)14-9-4-5-10(15)12-6-9/h7-9,14H,4-6H2,1-3H3,(H,12,15)(H,13,16). The molecule has 2 unspecified atom stereocenters. The molecule has 1 rings (SSSR count). The van der Waals surface area contributed by atoms with Gasteiger partial charge in [0.25, 0.3) is 0 Å². The first-order valence-electron chi connectivity index (χ1n) is 5.82. The van der Waals surface area contributed by atoms with Crippen LogP contribution in [0, 0.1) is 0 Å². The normalized spacial score (nSPS) is 22.8. The summed E-state index contributed by atoms with van der Waals surface area (Å²) in [7, 11) is 0. The Kier molecular flexibility index (Phi) is 4.73. The molecule has 2 amide bonds. The van der Waals surface area contributed by atoms with Gasteiger partial charge in [0.15, 0.2) is 0 Å². The molecular formula is C11H21N3O2. The average molecular weight is 227 g/mol. The molecule has 92 valence electrons. The number of amides is 2. The van der Waals surface area contributed by atoms with E-state index in [9.17, 15) is 9.59 Å². The van der Waals surface area contributed by atoms with Crippen molar-refractivity contribution in [1.29, 1.82) is 0 Å². The minimum absolute atomic E-state index is 0.00639. The molecule has 1 aliphatic heterocycles. The largest absolute Gasteiger partial charge is 0.355 e. The molecule has 0 aliphatic carbocycles. The van der Waals surface area contributed by atoms with Gasteiger partial charge in [-0.15, -0.1) is 0 Å². The average Bonchev–Trinajstić information content (AvgIpc) is 2.20. The van der Waals surface area contributed by atoms with Crippen molar-refractivity contribution in [2.75, 3.05) is 6.54 Å². The van der Waals surface area contributed by atoms with Crippen LogP contribution in [0.4, 0.5) is 0 Å². The Morgan fingerprint density at radius 1 is 1.44 bits per heavy atom. The topological polar surface area (TPSA) is 70.2 Å². The van der Waals surface area contributed by atoms with E-state index in [4.69, 9.17) is 0 Å². The summed E-state index contributed by atoms with van der Waals surface area (Å²) < 4.78 is 0. The lowest BCUT2D eigenvalue weighted by Gasteiger charge is -2.26. The van der Waals surface area contributed by atoms with Crippen molar-refractivity contribution in [2.45, 2.75) is 51.7 Å². The van der Waals surface area contributed by atoms with Crippen LogP contribution in [0.15, 0.2) is 0 Å². The highest BCUT2D eigenvalue weighted by molar-refractivity contribution is 5.81. The summed E-state index contributed by atoms with van der Waals surface area (Å²) >= 11 is 0. The maximum atomic E-state index is 11.6. The minimum Gasteiger partial charge on any atom is -0.355 e. The zero-order chi connectivity index (χ0) is 12.1. The molecule has 1 heterocycles. The molecule has 0 spiro atoms. The number of carbonyl (C=O) groups is 2. The lowest BCUT2D eigenvalue weighted by atomic mass is 10.1. The molecule has 0 aromatic carbocycles. The molecule has 0 bridgehead atoms. The number of hydrogen-bond donors (Lipinski definition) is 3. The lowest BCUT2D eigenvalue weighted by molar-refractivity contribution is -0.123. The smallest absolute Gasteiger partial charge is 0.237 e. The van der Waals surface area contributed by atoms with Crippen molar-refractivity contribution >= 4 is 11.8 Å². The van der Waals surface area contributed by atoms with E-state index in [1.165, 1.54) is 0 Å². The fourth-order valence-electron chi connectivity index (χ4n) is 1.71. The third kappa shape index (κ3) is 4.18. The SMILES string of the molecule is CC(C)NC(=O)C(C)NC1CCC(=O)NC1. The fraction of sp³-hybridized carbons (Fsp3) is 0.818. The van der Waals surface area contributed by atoms with Crippen LogP contribution in [0.3, 0.4) is 0 Å². The molecule has 1 aliphatic rings. The molecule has 5 heteroatoms. The minimum atomic E-state index is -0.220.